The van der Waals surface area contributed by atoms with E-state index in [1.54, 1.807) is 0 Å². The van der Waals surface area contributed by atoms with E-state index in [-0.39, 0.29) is 16.6 Å². The molecule has 20 heavy (non-hydrogen) atoms. The number of hydrogen-bond donors (Lipinski definition) is 3. The summed E-state index contributed by atoms with van der Waals surface area (Å²) in [4.78, 5) is 10.5. The Morgan fingerprint density at radius 3 is 2.60 bits per heavy atom. The molecule has 0 bridgehead atoms. The first-order valence-electron chi connectivity index (χ1n) is 6.09. The van der Waals surface area contributed by atoms with E-state index < -0.39 is 27.7 Å². The number of halogens is 1. The lowest BCUT2D eigenvalue weighted by Gasteiger charge is -2.15. The summed E-state index contributed by atoms with van der Waals surface area (Å²) in [6, 6.07) is 3.22. The molecule has 0 heterocycles. The highest BCUT2D eigenvalue weighted by atomic mass is 32.2. The number of hydrogen-bond acceptors (Lipinski definition) is 4. The molecule has 4 N–H and O–H groups in total. The Balaban J connectivity index is 2.10. The minimum absolute atomic E-state index is 0.133. The summed E-state index contributed by atoms with van der Waals surface area (Å²) in [5.41, 5.74) is 0.147. The van der Waals surface area contributed by atoms with Gasteiger partial charge in [0.05, 0.1) is 16.5 Å². The molecule has 1 aliphatic rings. The van der Waals surface area contributed by atoms with Gasteiger partial charge < -0.3 is 10.4 Å². The standard InChI is InChI=1S/C12H15FN2O4S/c13-10-6-9(20(14,18)19)3-4-11(10)15-8-2-1-7(5-8)12(16)17/h3-4,6-8,15H,1-2,5H2,(H,16,17)(H2,14,18,19)/t7-,8+/m1/s1. The van der Waals surface area contributed by atoms with Crippen LogP contribution in [0, 0.1) is 11.7 Å². The van der Waals surface area contributed by atoms with Crippen LogP contribution in [0.3, 0.4) is 0 Å². The number of nitrogens with two attached hydrogens (primary N) is 1. The van der Waals surface area contributed by atoms with Crippen LogP contribution in [-0.4, -0.2) is 25.5 Å². The molecule has 110 valence electrons. The molecule has 0 aliphatic heterocycles. The van der Waals surface area contributed by atoms with Gasteiger partial charge in [0.15, 0.2) is 0 Å². The largest absolute Gasteiger partial charge is 0.481 e. The molecule has 0 unspecified atom stereocenters. The minimum atomic E-state index is -3.93. The van der Waals surface area contributed by atoms with Gasteiger partial charge in [0.1, 0.15) is 5.82 Å². The van der Waals surface area contributed by atoms with Crippen molar-refractivity contribution in [1.29, 1.82) is 0 Å². The average Bonchev–Trinajstić information content (AvgIpc) is 2.79. The lowest BCUT2D eigenvalue weighted by molar-refractivity contribution is -0.141. The second-order valence-corrected chi connectivity index (χ2v) is 6.44. The fourth-order valence-electron chi connectivity index (χ4n) is 2.35. The Bertz CT molecular complexity index is 632. The van der Waals surface area contributed by atoms with E-state index in [1.807, 2.05) is 0 Å². The summed E-state index contributed by atoms with van der Waals surface area (Å²) < 4.78 is 36.0. The van der Waals surface area contributed by atoms with E-state index in [0.29, 0.717) is 19.3 Å². The first-order valence-corrected chi connectivity index (χ1v) is 7.63. The van der Waals surface area contributed by atoms with Gasteiger partial charge in [-0.05, 0) is 37.5 Å². The summed E-state index contributed by atoms with van der Waals surface area (Å²) in [5, 5.41) is 16.7. The van der Waals surface area contributed by atoms with Crippen molar-refractivity contribution in [2.24, 2.45) is 11.1 Å². The van der Waals surface area contributed by atoms with Crippen LogP contribution in [0.5, 0.6) is 0 Å². The lowest BCUT2D eigenvalue weighted by Crippen LogP contribution is -2.19. The minimum Gasteiger partial charge on any atom is -0.481 e. The van der Waals surface area contributed by atoms with Crippen molar-refractivity contribution in [3.63, 3.8) is 0 Å². The Morgan fingerprint density at radius 2 is 2.10 bits per heavy atom. The van der Waals surface area contributed by atoms with Crippen LogP contribution in [0.4, 0.5) is 10.1 Å². The number of benzene rings is 1. The molecule has 1 aromatic carbocycles. The Hall–Kier alpha value is -1.67. The van der Waals surface area contributed by atoms with Crippen LogP contribution in [-0.2, 0) is 14.8 Å². The maximum absolute atomic E-state index is 13.8. The molecule has 0 saturated heterocycles. The molecule has 2 rings (SSSR count). The van der Waals surface area contributed by atoms with Crippen LogP contribution in [0.2, 0.25) is 0 Å². The molecule has 1 saturated carbocycles. The molecule has 0 amide bonds. The van der Waals surface area contributed by atoms with Crippen molar-refractivity contribution in [2.75, 3.05) is 5.32 Å². The Labute approximate surface area is 115 Å². The van der Waals surface area contributed by atoms with Crippen molar-refractivity contribution in [3.8, 4) is 0 Å². The monoisotopic (exact) mass is 302 g/mol. The van der Waals surface area contributed by atoms with Crippen molar-refractivity contribution in [2.45, 2.75) is 30.2 Å². The zero-order valence-electron chi connectivity index (χ0n) is 10.5. The predicted octanol–water partition coefficient (Wildman–Crippen LogP) is 1.14. The third kappa shape index (κ3) is 3.26. The first kappa shape index (κ1) is 14.7. The maximum Gasteiger partial charge on any atom is 0.306 e. The highest BCUT2D eigenvalue weighted by Gasteiger charge is 2.30. The van der Waals surface area contributed by atoms with Gasteiger partial charge in [-0.15, -0.1) is 0 Å². The highest BCUT2D eigenvalue weighted by molar-refractivity contribution is 7.89. The summed E-state index contributed by atoms with van der Waals surface area (Å²) in [6.07, 6.45) is 1.60. The van der Waals surface area contributed by atoms with Crippen molar-refractivity contribution < 1.29 is 22.7 Å². The van der Waals surface area contributed by atoms with Crippen LogP contribution < -0.4 is 10.5 Å². The fourth-order valence-corrected chi connectivity index (χ4v) is 2.87. The Kier molecular flexibility index (Phi) is 3.96. The number of nitrogens with one attached hydrogen (secondary N) is 1. The summed E-state index contributed by atoms with van der Waals surface area (Å²) in [5.74, 6) is -1.99. The molecule has 0 radical (unpaired) electrons. The van der Waals surface area contributed by atoms with Gasteiger partial charge in [-0.25, -0.2) is 17.9 Å². The van der Waals surface area contributed by atoms with Gasteiger partial charge in [-0.3, -0.25) is 4.79 Å². The normalized spacial score (nSPS) is 22.7. The Morgan fingerprint density at radius 1 is 1.40 bits per heavy atom. The molecule has 8 heteroatoms. The second kappa shape index (κ2) is 5.37. The summed E-state index contributed by atoms with van der Waals surface area (Å²) in [6.45, 7) is 0. The number of primary sulfonamides is 1. The van der Waals surface area contributed by atoms with E-state index in [1.165, 1.54) is 12.1 Å². The van der Waals surface area contributed by atoms with Gasteiger partial charge in [0, 0.05) is 6.04 Å². The molecule has 6 nitrogen and oxygen atoms in total. The van der Waals surface area contributed by atoms with Crippen molar-refractivity contribution >= 4 is 21.7 Å². The molecular weight excluding hydrogens is 287 g/mol. The molecular formula is C12H15FN2O4S. The average molecular weight is 302 g/mol. The molecule has 1 aliphatic carbocycles. The van der Waals surface area contributed by atoms with Crippen molar-refractivity contribution in [3.05, 3.63) is 24.0 Å². The third-order valence-corrected chi connectivity index (χ3v) is 4.32. The number of carboxylic acid groups (broad SMARTS) is 1. The van der Waals surface area contributed by atoms with E-state index in [4.69, 9.17) is 10.2 Å². The first-order chi connectivity index (χ1) is 9.27. The quantitative estimate of drug-likeness (QED) is 0.772. The number of aliphatic carboxylic acids is 1. The van der Waals surface area contributed by atoms with E-state index in [0.717, 1.165) is 6.07 Å². The third-order valence-electron chi connectivity index (χ3n) is 3.41. The van der Waals surface area contributed by atoms with Gasteiger partial charge in [0.25, 0.3) is 0 Å². The zero-order chi connectivity index (χ0) is 14.9. The van der Waals surface area contributed by atoms with E-state index in [2.05, 4.69) is 5.32 Å². The molecule has 0 aromatic heterocycles. The highest BCUT2D eigenvalue weighted by Crippen LogP contribution is 2.29. The second-order valence-electron chi connectivity index (χ2n) is 4.88. The van der Waals surface area contributed by atoms with Gasteiger partial charge in [-0.2, -0.15) is 0 Å². The summed E-state index contributed by atoms with van der Waals surface area (Å²) >= 11 is 0. The molecule has 2 atom stereocenters. The number of anilines is 1. The van der Waals surface area contributed by atoms with Gasteiger partial charge in [0.2, 0.25) is 10.0 Å². The van der Waals surface area contributed by atoms with Crippen LogP contribution in [0.25, 0.3) is 0 Å². The predicted molar refractivity (Wildman–Crippen MR) is 70.2 cm³/mol. The smallest absolute Gasteiger partial charge is 0.306 e. The SMILES string of the molecule is NS(=O)(=O)c1ccc(N[C@H]2CC[C@@H](C(=O)O)C2)c(F)c1. The molecule has 1 aromatic rings. The van der Waals surface area contributed by atoms with Gasteiger partial charge in [-0.1, -0.05) is 0 Å². The van der Waals surface area contributed by atoms with Crippen LogP contribution in [0.1, 0.15) is 19.3 Å². The van der Waals surface area contributed by atoms with E-state index in [9.17, 15) is 17.6 Å². The maximum atomic E-state index is 13.8. The molecule has 0 spiro atoms. The number of carboxylic acids is 1. The number of rotatable bonds is 4. The fraction of sp³-hybridized carbons (Fsp3) is 0.417. The number of sulfonamides is 1. The summed E-state index contributed by atoms with van der Waals surface area (Å²) in [7, 11) is -3.93. The van der Waals surface area contributed by atoms with Crippen LogP contribution in [0.15, 0.2) is 23.1 Å². The van der Waals surface area contributed by atoms with E-state index >= 15 is 0 Å². The zero-order valence-corrected chi connectivity index (χ0v) is 11.4. The van der Waals surface area contributed by atoms with Crippen LogP contribution >= 0.6 is 0 Å². The topological polar surface area (TPSA) is 109 Å². The number of carbonyl (C=O) groups is 1. The lowest BCUT2D eigenvalue weighted by atomic mass is 10.1. The van der Waals surface area contributed by atoms with Gasteiger partial charge >= 0.3 is 5.97 Å². The molecule has 1 fully saturated rings. The van der Waals surface area contributed by atoms with Crippen molar-refractivity contribution in [1.82, 2.24) is 0 Å².